The van der Waals surface area contributed by atoms with Crippen molar-refractivity contribution < 1.29 is 14.6 Å². The molecule has 0 spiro atoms. The fraction of sp³-hybridized carbons (Fsp3) is 0.571. The maximum atomic E-state index is 12.1. The van der Waals surface area contributed by atoms with Crippen LogP contribution in [0.25, 0.3) is 10.9 Å². The number of Topliss-reactive ketones (excluding diaryl/α,β-unsaturated/α-hetero) is 1. The molecule has 0 bridgehead atoms. The van der Waals surface area contributed by atoms with Crippen molar-refractivity contribution in [2.75, 3.05) is 26.2 Å². The van der Waals surface area contributed by atoms with E-state index in [0.29, 0.717) is 12.3 Å². The van der Waals surface area contributed by atoms with E-state index in [9.17, 15) is 9.90 Å². The van der Waals surface area contributed by atoms with Crippen molar-refractivity contribution in [2.24, 2.45) is 0 Å². The quantitative estimate of drug-likeness (QED) is 0.771. The smallest absolute Gasteiger partial charge is 0.162 e. The second kappa shape index (κ2) is 8.23. The van der Waals surface area contributed by atoms with Crippen molar-refractivity contribution in [3.05, 3.63) is 29.5 Å². The number of fused-ring (bicyclic) bond motifs is 1. The first kappa shape index (κ1) is 18.9. The molecule has 1 N–H and O–H groups in total. The molecule has 1 saturated heterocycles. The molecule has 1 fully saturated rings. The highest BCUT2D eigenvalue weighted by Gasteiger charge is 2.18. The molecule has 2 heterocycles. The highest BCUT2D eigenvalue weighted by Crippen LogP contribution is 2.30. The monoisotopic (exact) mass is 358 g/mol. The number of carbonyl (C=O) groups excluding carboxylic acids is 1. The largest absolute Gasteiger partial charge is 0.491 e. The van der Waals surface area contributed by atoms with Crippen molar-refractivity contribution >= 4 is 16.7 Å². The first-order chi connectivity index (χ1) is 12.5. The number of aliphatic hydroxyl groups is 1. The highest BCUT2D eigenvalue weighted by molar-refractivity contribution is 6.08. The standard InChI is InChI=1S/C21H30N2O3/c1-4-23-15(2)21(16(3)24)19-12-18(8-9-20(19)23)26-14-17(25)13-22-10-6-5-7-11-22/h8-9,12,17,25H,4-7,10-11,13-14H2,1-3H3. The van der Waals surface area contributed by atoms with Crippen LogP contribution in [0, 0.1) is 6.92 Å². The van der Waals surface area contributed by atoms with E-state index < -0.39 is 6.10 Å². The highest BCUT2D eigenvalue weighted by atomic mass is 16.5. The summed E-state index contributed by atoms with van der Waals surface area (Å²) in [5.74, 6) is 0.771. The van der Waals surface area contributed by atoms with Gasteiger partial charge in [-0.2, -0.15) is 0 Å². The molecule has 0 aliphatic carbocycles. The van der Waals surface area contributed by atoms with Crippen LogP contribution in [-0.2, 0) is 6.54 Å². The molecule has 1 atom stereocenters. The van der Waals surface area contributed by atoms with Gasteiger partial charge in [-0.1, -0.05) is 6.42 Å². The molecular formula is C21H30N2O3. The van der Waals surface area contributed by atoms with Crippen molar-refractivity contribution in [2.45, 2.75) is 52.7 Å². The third kappa shape index (κ3) is 3.94. The topological polar surface area (TPSA) is 54.7 Å². The summed E-state index contributed by atoms with van der Waals surface area (Å²) in [6.45, 7) is 9.56. The molecule has 5 nitrogen and oxygen atoms in total. The second-order valence-corrected chi connectivity index (χ2v) is 7.27. The van der Waals surface area contributed by atoms with Crippen molar-refractivity contribution in [1.29, 1.82) is 0 Å². The predicted molar refractivity (Wildman–Crippen MR) is 104 cm³/mol. The molecule has 1 aliphatic heterocycles. The van der Waals surface area contributed by atoms with E-state index in [-0.39, 0.29) is 12.4 Å². The van der Waals surface area contributed by atoms with E-state index in [0.717, 1.165) is 41.8 Å². The number of ether oxygens (including phenoxy) is 1. The Bertz CT molecular complexity index is 775. The lowest BCUT2D eigenvalue weighted by Crippen LogP contribution is -2.38. The first-order valence-corrected chi connectivity index (χ1v) is 9.68. The number of aromatic nitrogens is 1. The summed E-state index contributed by atoms with van der Waals surface area (Å²) in [6, 6.07) is 5.86. The maximum Gasteiger partial charge on any atom is 0.162 e. The maximum absolute atomic E-state index is 12.1. The molecule has 1 aromatic heterocycles. The van der Waals surface area contributed by atoms with Crippen molar-refractivity contribution in [3.8, 4) is 5.75 Å². The molecule has 1 aromatic carbocycles. The summed E-state index contributed by atoms with van der Waals surface area (Å²) < 4.78 is 7.99. The Balaban J connectivity index is 1.72. The van der Waals surface area contributed by atoms with Gasteiger partial charge in [0.25, 0.3) is 0 Å². The Morgan fingerprint density at radius 2 is 2.00 bits per heavy atom. The van der Waals surface area contributed by atoms with Gasteiger partial charge in [0, 0.05) is 35.2 Å². The van der Waals surface area contributed by atoms with Gasteiger partial charge < -0.3 is 19.3 Å². The first-order valence-electron chi connectivity index (χ1n) is 9.68. The average Bonchev–Trinajstić information content (AvgIpc) is 2.91. The van der Waals surface area contributed by atoms with E-state index in [4.69, 9.17) is 4.74 Å². The predicted octanol–water partition coefficient (Wildman–Crippen LogP) is 3.40. The Labute approximate surface area is 155 Å². The van der Waals surface area contributed by atoms with E-state index in [1.165, 1.54) is 19.3 Å². The van der Waals surface area contributed by atoms with Crippen molar-refractivity contribution in [3.63, 3.8) is 0 Å². The minimum Gasteiger partial charge on any atom is -0.491 e. The number of likely N-dealkylation sites (tertiary alicyclic amines) is 1. The number of aryl methyl sites for hydroxylation is 1. The van der Waals surface area contributed by atoms with Crippen molar-refractivity contribution in [1.82, 2.24) is 9.47 Å². The minimum absolute atomic E-state index is 0.0713. The number of benzene rings is 1. The average molecular weight is 358 g/mol. The Morgan fingerprint density at radius 1 is 1.27 bits per heavy atom. The fourth-order valence-electron chi connectivity index (χ4n) is 4.09. The summed E-state index contributed by atoms with van der Waals surface area (Å²) >= 11 is 0. The van der Waals surface area contributed by atoms with Crippen LogP contribution in [0.3, 0.4) is 0 Å². The Hall–Kier alpha value is -1.85. The summed E-state index contributed by atoms with van der Waals surface area (Å²) in [6.07, 6.45) is 3.22. The third-order valence-electron chi connectivity index (χ3n) is 5.32. The van der Waals surface area contributed by atoms with Gasteiger partial charge in [-0.05, 0) is 64.9 Å². The molecule has 0 amide bonds. The Kier molecular flexibility index (Phi) is 5.99. The zero-order valence-electron chi connectivity index (χ0n) is 16.1. The minimum atomic E-state index is -0.502. The number of piperidine rings is 1. The number of nitrogens with zero attached hydrogens (tertiary/aromatic N) is 2. The van der Waals surface area contributed by atoms with Gasteiger partial charge in [-0.3, -0.25) is 4.79 Å². The van der Waals surface area contributed by atoms with Crippen LogP contribution in [-0.4, -0.2) is 52.7 Å². The molecule has 26 heavy (non-hydrogen) atoms. The number of hydrogen-bond donors (Lipinski definition) is 1. The molecule has 0 saturated carbocycles. The summed E-state index contributed by atoms with van der Waals surface area (Å²) in [4.78, 5) is 14.4. The van der Waals surface area contributed by atoms with Gasteiger partial charge >= 0.3 is 0 Å². The van der Waals surface area contributed by atoms with Crippen LogP contribution in [0.1, 0.15) is 49.2 Å². The molecule has 3 rings (SSSR count). The van der Waals surface area contributed by atoms with Crippen LogP contribution in [0.5, 0.6) is 5.75 Å². The number of hydrogen-bond acceptors (Lipinski definition) is 4. The molecular weight excluding hydrogens is 328 g/mol. The van der Waals surface area contributed by atoms with Crippen LogP contribution < -0.4 is 4.74 Å². The van der Waals surface area contributed by atoms with Gasteiger partial charge in [0.05, 0.1) is 0 Å². The number of ketones is 1. The zero-order chi connectivity index (χ0) is 18.7. The lowest BCUT2D eigenvalue weighted by molar-refractivity contribution is 0.0617. The fourth-order valence-corrected chi connectivity index (χ4v) is 4.09. The van der Waals surface area contributed by atoms with E-state index in [1.807, 2.05) is 25.1 Å². The number of aliphatic hydroxyl groups excluding tert-OH is 1. The van der Waals surface area contributed by atoms with Gasteiger partial charge in [-0.25, -0.2) is 0 Å². The van der Waals surface area contributed by atoms with Gasteiger partial charge in [0.1, 0.15) is 18.5 Å². The summed E-state index contributed by atoms with van der Waals surface area (Å²) in [5, 5.41) is 11.2. The van der Waals surface area contributed by atoms with Crippen LogP contribution in [0.4, 0.5) is 0 Å². The van der Waals surface area contributed by atoms with E-state index >= 15 is 0 Å². The number of β-amino-alcohol motifs (C(OH)–C–C–N with tert-alkyl or cyclic N) is 1. The van der Waals surface area contributed by atoms with E-state index in [2.05, 4.69) is 16.4 Å². The SMILES string of the molecule is CCn1c(C)c(C(C)=O)c2cc(OCC(O)CN3CCCCC3)ccc21. The molecule has 0 radical (unpaired) electrons. The number of rotatable bonds is 7. The van der Waals surface area contributed by atoms with Crippen LogP contribution in [0.15, 0.2) is 18.2 Å². The van der Waals surface area contributed by atoms with Crippen LogP contribution in [0.2, 0.25) is 0 Å². The lowest BCUT2D eigenvalue weighted by Gasteiger charge is -2.28. The number of carbonyl (C=O) groups is 1. The van der Waals surface area contributed by atoms with E-state index in [1.54, 1.807) is 6.92 Å². The van der Waals surface area contributed by atoms with Gasteiger partial charge in [0.15, 0.2) is 5.78 Å². The summed E-state index contributed by atoms with van der Waals surface area (Å²) in [5.41, 5.74) is 2.81. The third-order valence-corrected chi connectivity index (χ3v) is 5.32. The zero-order valence-corrected chi connectivity index (χ0v) is 16.1. The molecule has 1 unspecified atom stereocenters. The molecule has 142 valence electrons. The molecule has 1 aliphatic rings. The normalized spacial score (nSPS) is 16.8. The lowest BCUT2D eigenvalue weighted by atomic mass is 10.1. The molecule has 5 heteroatoms. The van der Waals surface area contributed by atoms with Gasteiger partial charge in [-0.15, -0.1) is 0 Å². The van der Waals surface area contributed by atoms with Crippen LogP contribution >= 0.6 is 0 Å². The van der Waals surface area contributed by atoms with Gasteiger partial charge in [0.2, 0.25) is 0 Å². The summed E-state index contributed by atoms with van der Waals surface area (Å²) in [7, 11) is 0. The molecule has 2 aromatic rings. The second-order valence-electron chi connectivity index (χ2n) is 7.27. The Morgan fingerprint density at radius 3 is 2.65 bits per heavy atom.